The molecule has 5 heteroatoms. The summed E-state index contributed by atoms with van der Waals surface area (Å²) in [5.74, 6) is -0.371. The highest BCUT2D eigenvalue weighted by Crippen LogP contribution is 2.13. The van der Waals surface area contributed by atoms with Crippen LogP contribution >= 0.6 is 35.0 Å². The number of hydrogen-bond acceptors (Lipinski definition) is 3. The Hall–Kier alpha value is -0.330. The Bertz CT molecular complexity index is 333. The van der Waals surface area contributed by atoms with Crippen LogP contribution in [0.3, 0.4) is 0 Å². The van der Waals surface area contributed by atoms with Gasteiger partial charge in [0.15, 0.2) is 0 Å². The molecular formula is C10H13ClINO2. The van der Waals surface area contributed by atoms with Crippen LogP contribution in [0.25, 0.3) is 0 Å². The third kappa shape index (κ3) is 4.36. The van der Waals surface area contributed by atoms with Crippen LogP contribution in [0.2, 0.25) is 0 Å². The van der Waals surface area contributed by atoms with Crippen molar-refractivity contribution in [2.24, 2.45) is 5.73 Å². The molecule has 1 aromatic rings. The summed E-state index contributed by atoms with van der Waals surface area (Å²) in [6, 6.07) is 7.26. The predicted molar refractivity (Wildman–Crippen MR) is 70.1 cm³/mol. The number of carbonyl (C=O) groups is 1. The predicted octanol–water partition coefficient (Wildman–Crippen LogP) is 1.76. The summed E-state index contributed by atoms with van der Waals surface area (Å²) in [6.07, 6.45) is 0.520. The van der Waals surface area contributed by atoms with E-state index in [9.17, 15) is 4.79 Å². The van der Waals surface area contributed by atoms with Crippen LogP contribution < -0.4 is 5.73 Å². The highest BCUT2D eigenvalue weighted by Gasteiger charge is 2.14. The van der Waals surface area contributed by atoms with Crippen molar-refractivity contribution in [2.75, 3.05) is 7.11 Å². The summed E-state index contributed by atoms with van der Waals surface area (Å²) in [5.41, 5.74) is 6.73. The normalized spacial score (nSPS) is 11.4. The minimum Gasteiger partial charge on any atom is -0.468 e. The first kappa shape index (κ1) is 14.7. The van der Waals surface area contributed by atoms with Gasteiger partial charge in [-0.1, -0.05) is 18.2 Å². The fourth-order valence-corrected chi connectivity index (χ4v) is 1.74. The number of nitrogens with two attached hydrogens (primary N) is 1. The molecule has 84 valence electrons. The Balaban J connectivity index is 0.00000196. The van der Waals surface area contributed by atoms with Crippen molar-refractivity contribution in [1.82, 2.24) is 0 Å². The molecule has 0 fully saturated rings. The number of carbonyl (C=O) groups excluding carboxylic acids is 1. The van der Waals surface area contributed by atoms with E-state index in [0.717, 1.165) is 9.13 Å². The van der Waals surface area contributed by atoms with Gasteiger partial charge in [0.05, 0.1) is 7.11 Å². The van der Waals surface area contributed by atoms with Gasteiger partial charge in [0.1, 0.15) is 6.04 Å². The number of benzene rings is 1. The molecule has 0 saturated carbocycles. The molecule has 0 unspecified atom stereocenters. The smallest absolute Gasteiger partial charge is 0.322 e. The summed E-state index contributed by atoms with van der Waals surface area (Å²) in [5, 5.41) is 0. The van der Waals surface area contributed by atoms with Gasteiger partial charge in [-0.15, -0.1) is 12.4 Å². The van der Waals surface area contributed by atoms with E-state index in [4.69, 9.17) is 5.73 Å². The number of halogens is 2. The molecule has 0 heterocycles. The molecule has 0 radical (unpaired) electrons. The van der Waals surface area contributed by atoms with Crippen molar-refractivity contribution >= 4 is 41.0 Å². The maximum absolute atomic E-state index is 11.1. The van der Waals surface area contributed by atoms with Crippen LogP contribution in [-0.4, -0.2) is 19.1 Å². The van der Waals surface area contributed by atoms with Crippen LogP contribution in [0.1, 0.15) is 5.56 Å². The largest absolute Gasteiger partial charge is 0.468 e. The Morgan fingerprint density at radius 1 is 1.53 bits per heavy atom. The second-order valence-electron chi connectivity index (χ2n) is 2.93. The molecule has 1 atom stereocenters. The highest BCUT2D eigenvalue weighted by atomic mass is 127. The fourth-order valence-electron chi connectivity index (χ4n) is 1.14. The number of methoxy groups -OCH3 is 1. The maximum atomic E-state index is 11.1. The standard InChI is InChI=1S/C10H12INO2.ClH/c1-14-10(13)9(12)6-7-4-2-3-5-8(7)11;/h2-5,9H,6,12H2,1H3;1H/t9-;/m1./s1. The minimum absolute atomic E-state index is 0. The van der Waals surface area contributed by atoms with E-state index in [1.54, 1.807) is 0 Å². The van der Waals surface area contributed by atoms with E-state index < -0.39 is 6.04 Å². The van der Waals surface area contributed by atoms with Crippen LogP contribution in [0.15, 0.2) is 24.3 Å². The van der Waals surface area contributed by atoms with Crippen molar-refractivity contribution in [1.29, 1.82) is 0 Å². The van der Waals surface area contributed by atoms with Crippen molar-refractivity contribution < 1.29 is 9.53 Å². The molecule has 2 N–H and O–H groups in total. The number of hydrogen-bond donors (Lipinski definition) is 1. The average molecular weight is 342 g/mol. The maximum Gasteiger partial charge on any atom is 0.322 e. The number of rotatable bonds is 3. The molecule has 0 aliphatic rings. The van der Waals surface area contributed by atoms with Crippen molar-refractivity contribution in [2.45, 2.75) is 12.5 Å². The summed E-state index contributed by atoms with van der Waals surface area (Å²) in [6.45, 7) is 0. The molecule has 0 aromatic heterocycles. The summed E-state index contributed by atoms with van der Waals surface area (Å²) in [4.78, 5) is 11.1. The highest BCUT2D eigenvalue weighted by molar-refractivity contribution is 14.1. The van der Waals surface area contributed by atoms with Gasteiger partial charge in [0, 0.05) is 3.57 Å². The third-order valence-electron chi connectivity index (χ3n) is 1.90. The van der Waals surface area contributed by atoms with Gasteiger partial charge in [-0.2, -0.15) is 0 Å². The zero-order valence-electron chi connectivity index (χ0n) is 8.27. The van der Waals surface area contributed by atoms with Gasteiger partial charge < -0.3 is 10.5 Å². The van der Waals surface area contributed by atoms with Crippen molar-refractivity contribution in [3.63, 3.8) is 0 Å². The average Bonchev–Trinajstić information content (AvgIpc) is 2.20. The molecule has 0 aliphatic heterocycles. The van der Waals surface area contributed by atoms with Crippen molar-refractivity contribution in [3.05, 3.63) is 33.4 Å². The third-order valence-corrected chi connectivity index (χ3v) is 2.95. The molecule has 0 amide bonds. The van der Waals surface area contributed by atoms with Gasteiger partial charge in [-0.25, -0.2) is 0 Å². The molecule has 1 rings (SSSR count). The Morgan fingerprint density at radius 2 is 2.13 bits per heavy atom. The second-order valence-corrected chi connectivity index (χ2v) is 4.09. The zero-order chi connectivity index (χ0) is 10.6. The first-order chi connectivity index (χ1) is 6.65. The van der Waals surface area contributed by atoms with Crippen molar-refractivity contribution in [3.8, 4) is 0 Å². The monoisotopic (exact) mass is 341 g/mol. The van der Waals surface area contributed by atoms with Crippen LogP contribution in [0.4, 0.5) is 0 Å². The van der Waals surface area contributed by atoms with E-state index in [0.29, 0.717) is 6.42 Å². The van der Waals surface area contributed by atoms with E-state index in [1.165, 1.54) is 7.11 Å². The first-order valence-corrected chi connectivity index (χ1v) is 5.30. The lowest BCUT2D eigenvalue weighted by molar-refractivity contribution is -0.142. The number of ether oxygens (including phenoxy) is 1. The summed E-state index contributed by atoms with van der Waals surface area (Å²) < 4.78 is 5.67. The van der Waals surface area contributed by atoms with E-state index in [2.05, 4.69) is 27.3 Å². The molecule has 0 aliphatic carbocycles. The first-order valence-electron chi connectivity index (χ1n) is 4.22. The lowest BCUT2D eigenvalue weighted by atomic mass is 10.1. The van der Waals surface area contributed by atoms with E-state index >= 15 is 0 Å². The summed E-state index contributed by atoms with van der Waals surface area (Å²) >= 11 is 2.22. The fraction of sp³-hybridized carbons (Fsp3) is 0.300. The van der Waals surface area contributed by atoms with Crippen LogP contribution in [0, 0.1) is 3.57 Å². The summed E-state index contributed by atoms with van der Waals surface area (Å²) in [7, 11) is 1.35. The molecule has 0 saturated heterocycles. The second kappa shape index (κ2) is 7.03. The van der Waals surface area contributed by atoms with Gasteiger partial charge in [0.25, 0.3) is 0 Å². The van der Waals surface area contributed by atoms with Gasteiger partial charge in [-0.3, -0.25) is 4.79 Å². The Morgan fingerprint density at radius 3 is 2.67 bits per heavy atom. The van der Waals surface area contributed by atoms with Gasteiger partial charge in [-0.05, 0) is 40.6 Å². The molecule has 3 nitrogen and oxygen atoms in total. The van der Waals surface area contributed by atoms with Gasteiger partial charge >= 0.3 is 5.97 Å². The number of esters is 1. The zero-order valence-corrected chi connectivity index (χ0v) is 11.2. The molecular weight excluding hydrogens is 328 g/mol. The molecule has 0 bridgehead atoms. The SMILES string of the molecule is COC(=O)[C@H](N)Cc1ccccc1I.Cl. The minimum atomic E-state index is -0.573. The lowest BCUT2D eigenvalue weighted by Gasteiger charge is -2.10. The van der Waals surface area contributed by atoms with E-state index in [-0.39, 0.29) is 18.4 Å². The van der Waals surface area contributed by atoms with E-state index in [1.807, 2.05) is 24.3 Å². The van der Waals surface area contributed by atoms with Crippen LogP contribution in [0.5, 0.6) is 0 Å². The van der Waals surface area contributed by atoms with Crippen LogP contribution in [-0.2, 0) is 16.0 Å². The molecule has 15 heavy (non-hydrogen) atoms. The Labute approximate surface area is 109 Å². The topological polar surface area (TPSA) is 52.3 Å². The Kier molecular flexibility index (Phi) is 6.87. The van der Waals surface area contributed by atoms with Gasteiger partial charge in [0.2, 0.25) is 0 Å². The molecule has 1 aromatic carbocycles. The molecule has 0 spiro atoms. The lowest BCUT2D eigenvalue weighted by Crippen LogP contribution is -2.33. The quantitative estimate of drug-likeness (QED) is 0.673.